The molecule has 0 aliphatic carbocycles. The van der Waals surface area contributed by atoms with Crippen LogP contribution < -0.4 is 21.3 Å². The number of carbonyl (C=O) groups is 2. The van der Waals surface area contributed by atoms with Crippen LogP contribution >= 0.6 is 24.8 Å². The van der Waals surface area contributed by atoms with Gasteiger partial charge in [-0.2, -0.15) is 0 Å². The number of carbonyl (C=O) groups excluding carboxylic acids is 2. The van der Waals surface area contributed by atoms with E-state index in [9.17, 15) is 18.0 Å². The van der Waals surface area contributed by atoms with E-state index >= 15 is 0 Å². The number of anilines is 2. The second kappa shape index (κ2) is 11.5. The molecule has 160 valence electrons. The van der Waals surface area contributed by atoms with Crippen molar-refractivity contribution in [2.24, 2.45) is 11.7 Å². The summed E-state index contributed by atoms with van der Waals surface area (Å²) in [5.41, 5.74) is 7.17. The fourth-order valence-corrected chi connectivity index (χ4v) is 3.75. The summed E-state index contributed by atoms with van der Waals surface area (Å²) in [5, 5.41) is 5.24. The molecule has 0 saturated carbocycles. The SMILES string of the molecule is CC(C)[C@H](N)C(=O)NCC(=O)Nc1cccc(N2CCS(=O)(=O)CC2)c1.Cl.Cl. The molecule has 0 bridgehead atoms. The molecule has 0 unspecified atom stereocenters. The van der Waals surface area contributed by atoms with Gasteiger partial charge in [-0.05, 0) is 24.1 Å². The van der Waals surface area contributed by atoms with Gasteiger partial charge in [0.2, 0.25) is 11.8 Å². The smallest absolute Gasteiger partial charge is 0.243 e. The van der Waals surface area contributed by atoms with E-state index in [1.165, 1.54) is 0 Å². The molecule has 1 fully saturated rings. The van der Waals surface area contributed by atoms with Crippen molar-refractivity contribution in [1.29, 1.82) is 0 Å². The van der Waals surface area contributed by atoms with Crippen LogP contribution in [-0.2, 0) is 19.4 Å². The Morgan fingerprint density at radius 3 is 2.36 bits per heavy atom. The third kappa shape index (κ3) is 7.83. The maximum absolute atomic E-state index is 12.0. The number of sulfone groups is 1. The molecule has 11 heteroatoms. The highest BCUT2D eigenvalue weighted by atomic mass is 35.5. The molecule has 1 aromatic rings. The summed E-state index contributed by atoms with van der Waals surface area (Å²) in [5.74, 6) is -0.466. The monoisotopic (exact) mass is 454 g/mol. The summed E-state index contributed by atoms with van der Waals surface area (Å²) in [7, 11) is -2.94. The molecule has 1 saturated heterocycles. The van der Waals surface area contributed by atoms with Gasteiger partial charge in [0.15, 0.2) is 9.84 Å². The van der Waals surface area contributed by atoms with Crippen LogP contribution in [-0.4, -0.2) is 57.4 Å². The highest BCUT2D eigenvalue weighted by molar-refractivity contribution is 7.91. The van der Waals surface area contributed by atoms with Gasteiger partial charge in [-0.1, -0.05) is 19.9 Å². The van der Waals surface area contributed by atoms with Crippen LogP contribution in [0.25, 0.3) is 0 Å². The van der Waals surface area contributed by atoms with Gasteiger partial charge in [-0.3, -0.25) is 9.59 Å². The highest BCUT2D eigenvalue weighted by Crippen LogP contribution is 2.21. The first kappa shape index (κ1) is 26.4. The van der Waals surface area contributed by atoms with Gasteiger partial charge in [0.1, 0.15) is 0 Å². The van der Waals surface area contributed by atoms with Crippen LogP contribution in [0.4, 0.5) is 11.4 Å². The summed E-state index contributed by atoms with van der Waals surface area (Å²) in [6, 6.07) is 6.54. The topological polar surface area (TPSA) is 122 Å². The Hall–Kier alpha value is -1.55. The molecule has 2 rings (SSSR count). The lowest BCUT2D eigenvalue weighted by Crippen LogP contribution is -2.46. The summed E-state index contributed by atoms with van der Waals surface area (Å²) in [6.07, 6.45) is 0. The van der Waals surface area contributed by atoms with Crippen molar-refractivity contribution in [2.45, 2.75) is 19.9 Å². The number of halogens is 2. The van der Waals surface area contributed by atoms with E-state index in [0.717, 1.165) is 5.69 Å². The fraction of sp³-hybridized carbons (Fsp3) is 0.529. The molecule has 1 aromatic carbocycles. The van der Waals surface area contributed by atoms with Gasteiger partial charge in [0.05, 0.1) is 24.1 Å². The predicted octanol–water partition coefficient (Wildman–Crippen LogP) is 0.803. The van der Waals surface area contributed by atoms with Crippen LogP contribution in [0.2, 0.25) is 0 Å². The Morgan fingerprint density at radius 2 is 1.79 bits per heavy atom. The second-order valence-electron chi connectivity index (χ2n) is 6.72. The molecular formula is C17H28Cl2N4O4S. The van der Waals surface area contributed by atoms with Crippen LogP contribution in [0.15, 0.2) is 24.3 Å². The molecule has 28 heavy (non-hydrogen) atoms. The van der Waals surface area contributed by atoms with Crippen molar-refractivity contribution in [1.82, 2.24) is 5.32 Å². The Morgan fingerprint density at radius 1 is 1.18 bits per heavy atom. The molecule has 1 aliphatic heterocycles. The molecular weight excluding hydrogens is 427 g/mol. The van der Waals surface area contributed by atoms with Gasteiger partial charge >= 0.3 is 0 Å². The number of amides is 2. The largest absolute Gasteiger partial charge is 0.369 e. The first-order chi connectivity index (χ1) is 12.2. The highest BCUT2D eigenvalue weighted by Gasteiger charge is 2.22. The average Bonchev–Trinajstić information content (AvgIpc) is 2.59. The summed E-state index contributed by atoms with van der Waals surface area (Å²) >= 11 is 0. The number of rotatable bonds is 6. The van der Waals surface area contributed by atoms with Gasteiger partial charge < -0.3 is 21.3 Å². The maximum Gasteiger partial charge on any atom is 0.243 e. The number of hydrogen-bond acceptors (Lipinski definition) is 6. The predicted molar refractivity (Wildman–Crippen MR) is 116 cm³/mol. The minimum Gasteiger partial charge on any atom is -0.369 e. The molecule has 8 nitrogen and oxygen atoms in total. The minimum atomic E-state index is -2.94. The van der Waals surface area contributed by atoms with E-state index in [0.29, 0.717) is 18.8 Å². The Kier molecular flexibility index (Phi) is 10.8. The molecule has 2 amide bonds. The normalized spacial score (nSPS) is 16.4. The van der Waals surface area contributed by atoms with Crippen LogP contribution in [0, 0.1) is 5.92 Å². The number of nitrogens with zero attached hydrogens (tertiary/aromatic N) is 1. The second-order valence-corrected chi connectivity index (χ2v) is 9.03. The molecule has 1 atom stereocenters. The van der Waals surface area contributed by atoms with Crippen molar-refractivity contribution >= 4 is 57.8 Å². The molecule has 1 heterocycles. The molecule has 0 spiro atoms. The van der Waals surface area contributed by atoms with Crippen LogP contribution in [0.5, 0.6) is 0 Å². The maximum atomic E-state index is 12.0. The van der Waals surface area contributed by atoms with E-state index in [-0.39, 0.29) is 60.6 Å². The van der Waals surface area contributed by atoms with Gasteiger partial charge in [-0.15, -0.1) is 24.8 Å². The van der Waals surface area contributed by atoms with Crippen molar-refractivity contribution in [2.75, 3.05) is 41.4 Å². The molecule has 1 aliphatic rings. The van der Waals surface area contributed by atoms with Crippen molar-refractivity contribution < 1.29 is 18.0 Å². The zero-order valence-corrected chi connectivity index (χ0v) is 18.3. The number of nitrogens with one attached hydrogen (secondary N) is 2. The van der Waals surface area contributed by atoms with E-state index in [1.54, 1.807) is 18.2 Å². The zero-order chi connectivity index (χ0) is 19.3. The van der Waals surface area contributed by atoms with Gasteiger partial charge in [0.25, 0.3) is 0 Å². The van der Waals surface area contributed by atoms with Crippen molar-refractivity contribution in [3.63, 3.8) is 0 Å². The number of benzene rings is 1. The lowest BCUT2D eigenvalue weighted by molar-refractivity contribution is -0.125. The van der Waals surface area contributed by atoms with E-state index in [2.05, 4.69) is 10.6 Å². The first-order valence-electron chi connectivity index (χ1n) is 8.56. The van der Waals surface area contributed by atoms with Crippen LogP contribution in [0.3, 0.4) is 0 Å². The summed E-state index contributed by atoms with van der Waals surface area (Å²) in [4.78, 5) is 25.8. The Bertz CT molecular complexity index is 760. The van der Waals surface area contributed by atoms with E-state index in [4.69, 9.17) is 5.73 Å². The van der Waals surface area contributed by atoms with E-state index < -0.39 is 15.9 Å². The summed E-state index contributed by atoms with van der Waals surface area (Å²) in [6.45, 7) is 4.38. The van der Waals surface area contributed by atoms with E-state index in [1.807, 2.05) is 24.8 Å². The van der Waals surface area contributed by atoms with Crippen molar-refractivity contribution in [3.8, 4) is 0 Å². The number of hydrogen-bond donors (Lipinski definition) is 3. The molecule has 0 radical (unpaired) electrons. The minimum absolute atomic E-state index is 0. The van der Waals surface area contributed by atoms with Crippen LogP contribution in [0.1, 0.15) is 13.8 Å². The quantitative estimate of drug-likeness (QED) is 0.584. The standard InChI is InChI=1S/C17H26N4O4S.2ClH/c1-12(2)16(18)17(23)19-11-15(22)20-13-4-3-5-14(10-13)21-6-8-26(24,25)9-7-21;;/h3-5,10,12,16H,6-9,11,18H2,1-2H3,(H,19,23)(H,20,22);2*1H/t16-;;/m0../s1. The fourth-order valence-electron chi connectivity index (χ4n) is 2.54. The van der Waals surface area contributed by atoms with Gasteiger partial charge in [-0.25, -0.2) is 8.42 Å². The Balaban J connectivity index is 0.00000364. The number of nitrogens with two attached hydrogens (primary N) is 1. The van der Waals surface area contributed by atoms with Crippen molar-refractivity contribution in [3.05, 3.63) is 24.3 Å². The zero-order valence-electron chi connectivity index (χ0n) is 15.9. The summed E-state index contributed by atoms with van der Waals surface area (Å²) < 4.78 is 23.1. The van der Waals surface area contributed by atoms with Gasteiger partial charge in [0, 0.05) is 24.5 Å². The lowest BCUT2D eigenvalue weighted by Gasteiger charge is -2.29. The molecule has 4 N–H and O–H groups in total. The Labute approximate surface area is 178 Å². The third-order valence-corrected chi connectivity index (χ3v) is 5.89. The third-order valence-electron chi connectivity index (χ3n) is 4.28. The molecule has 0 aromatic heterocycles. The first-order valence-corrected chi connectivity index (χ1v) is 10.4. The average molecular weight is 455 g/mol. The lowest BCUT2D eigenvalue weighted by atomic mass is 10.1.